The van der Waals surface area contributed by atoms with Gasteiger partial charge in [0.25, 0.3) is 5.56 Å². The molecule has 1 saturated carbocycles. The van der Waals surface area contributed by atoms with E-state index in [-0.39, 0.29) is 23.0 Å². The highest BCUT2D eigenvalue weighted by Crippen LogP contribution is 2.27. The van der Waals surface area contributed by atoms with Crippen LogP contribution < -0.4 is 10.5 Å². The van der Waals surface area contributed by atoms with Gasteiger partial charge in [-0.2, -0.15) is 5.10 Å². The summed E-state index contributed by atoms with van der Waals surface area (Å²) >= 11 is 6.11. The molecule has 2 heterocycles. The smallest absolute Gasteiger partial charge is 0.287 e. The minimum atomic E-state index is -0.333. The Balaban J connectivity index is 1.68. The highest BCUT2D eigenvalue weighted by molar-refractivity contribution is 6.33. The number of aromatic nitrogens is 2. The van der Waals surface area contributed by atoms with E-state index in [2.05, 4.69) is 5.10 Å². The Hall–Kier alpha value is -1.56. The van der Waals surface area contributed by atoms with Crippen molar-refractivity contribution in [2.24, 2.45) is 13.0 Å². The van der Waals surface area contributed by atoms with E-state index in [9.17, 15) is 9.59 Å². The molecule has 0 radical (unpaired) electrons. The van der Waals surface area contributed by atoms with Gasteiger partial charge in [0, 0.05) is 26.7 Å². The molecule has 1 aromatic heterocycles. The predicted octanol–water partition coefficient (Wildman–Crippen LogP) is 1.27. The van der Waals surface area contributed by atoms with Gasteiger partial charge in [-0.05, 0) is 18.8 Å². The lowest BCUT2D eigenvalue weighted by Gasteiger charge is -2.36. The van der Waals surface area contributed by atoms with Crippen molar-refractivity contribution >= 4 is 23.2 Å². The summed E-state index contributed by atoms with van der Waals surface area (Å²) in [5, 5.41) is 4.13. The Morgan fingerprint density at radius 3 is 2.68 bits per heavy atom. The van der Waals surface area contributed by atoms with Gasteiger partial charge in [-0.1, -0.05) is 24.4 Å². The fraction of sp³-hybridized carbons (Fsp3) is 0.667. The number of amides is 1. The third kappa shape index (κ3) is 2.97. The summed E-state index contributed by atoms with van der Waals surface area (Å²) in [6, 6.07) is 0. The zero-order chi connectivity index (χ0) is 15.7. The molecule has 0 bridgehead atoms. The zero-order valence-electron chi connectivity index (χ0n) is 12.8. The van der Waals surface area contributed by atoms with Crippen LogP contribution in [-0.4, -0.2) is 46.8 Å². The molecule has 0 unspecified atom stereocenters. The van der Waals surface area contributed by atoms with E-state index in [4.69, 9.17) is 11.6 Å². The van der Waals surface area contributed by atoms with E-state index in [1.54, 1.807) is 13.2 Å². The lowest BCUT2D eigenvalue weighted by Crippen LogP contribution is -2.52. The topological polar surface area (TPSA) is 58.4 Å². The molecule has 6 nitrogen and oxygen atoms in total. The van der Waals surface area contributed by atoms with Crippen LogP contribution in [0.5, 0.6) is 0 Å². The molecule has 120 valence electrons. The highest BCUT2D eigenvalue weighted by Gasteiger charge is 2.28. The maximum absolute atomic E-state index is 12.4. The van der Waals surface area contributed by atoms with Gasteiger partial charge >= 0.3 is 0 Å². The maximum Gasteiger partial charge on any atom is 0.287 e. The average Bonchev–Trinajstić information content (AvgIpc) is 3.00. The van der Waals surface area contributed by atoms with Crippen molar-refractivity contribution in [1.82, 2.24) is 14.7 Å². The number of nitrogens with zero attached hydrogens (tertiary/aromatic N) is 4. The number of hydrogen-bond acceptors (Lipinski definition) is 4. The van der Waals surface area contributed by atoms with Crippen molar-refractivity contribution in [2.45, 2.75) is 25.7 Å². The third-order valence-electron chi connectivity index (χ3n) is 4.67. The van der Waals surface area contributed by atoms with Crippen LogP contribution in [0.4, 0.5) is 5.69 Å². The predicted molar refractivity (Wildman–Crippen MR) is 85.2 cm³/mol. The number of piperazine rings is 1. The van der Waals surface area contributed by atoms with E-state index in [0.29, 0.717) is 24.7 Å². The molecule has 0 N–H and O–H groups in total. The van der Waals surface area contributed by atoms with Gasteiger partial charge in [0.1, 0.15) is 5.02 Å². The van der Waals surface area contributed by atoms with Gasteiger partial charge in [-0.15, -0.1) is 0 Å². The van der Waals surface area contributed by atoms with Crippen LogP contribution in [0.25, 0.3) is 0 Å². The molecule has 1 amide bonds. The first kappa shape index (κ1) is 15.3. The van der Waals surface area contributed by atoms with Crippen molar-refractivity contribution in [1.29, 1.82) is 0 Å². The van der Waals surface area contributed by atoms with E-state index in [0.717, 1.165) is 6.54 Å². The van der Waals surface area contributed by atoms with E-state index >= 15 is 0 Å². The second-order valence-electron chi connectivity index (χ2n) is 6.18. The first-order valence-electron chi connectivity index (χ1n) is 7.81. The van der Waals surface area contributed by atoms with Gasteiger partial charge in [0.05, 0.1) is 18.4 Å². The van der Waals surface area contributed by atoms with Gasteiger partial charge < -0.3 is 9.80 Å². The summed E-state index contributed by atoms with van der Waals surface area (Å²) in [4.78, 5) is 28.0. The first-order valence-corrected chi connectivity index (χ1v) is 8.18. The van der Waals surface area contributed by atoms with Gasteiger partial charge in [0.15, 0.2) is 0 Å². The highest BCUT2D eigenvalue weighted by atomic mass is 35.5. The first-order chi connectivity index (χ1) is 10.6. The third-order valence-corrected chi connectivity index (χ3v) is 5.03. The second-order valence-corrected chi connectivity index (χ2v) is 6.56. The fourth-order valence-corrected chi connectivity index (χ4v) is 3.62. The number of halogens is 1. The fourth-order valence-electron chi connectivity index (χ4n) is 3.33. The summed E-state index contributed by atoms with van der Waals surface area (Å²) in [6.07, 6.45) is 6.60. The molecule has 1 aliphatic carbocycles. The number of hydrogen-bond donors (Lipinski definition) is 0. The quantitative estimate of drug-likeness (QED) is 0.840. The van der Waals surface area contributed by atoms with Crippen molar-refractivity contribution in [3.63, 3.8) is 0 Å². The molecule has 3 rings (SSSR count). The zero-order valence-corrected chi connectivity index (χ0v) is 13.6. The summed E-state index contributed by atoms with van der Waals surface area (Å²) in [6.45, 7) is 2.50. The van der Waals surface area contributed by atoms with Gasteiger partial charge in [-0.25, -0.2) is 4.68 Å². The minimum absolute atomic E-state index is 0.106. The number of anilines is 1. The molecule has 0 atom stereocenters. The molecule has 22 heavy (non-hydrogen) atoms. The van der Waals surface area contributed by atoms with Crippen LogP contribution >= 0.6 is 11.6 Å². The number of aryl methyl sites for hydroxylation is 1. The molecule has 0 aromatic carbocycles. The Labute approximate surface area is 134 Å². The van der Waals surface area contributed by atoms with Gasteiger partial charge in [0.2, 0.25) is 5.91 Å². The summed E-state index contributed by atoms with van der Waals surface area (Å²) < 4.78 is 1.20. The minimum Gasteiger partial charge on any atom is -0.358 e. The Bertz CT molecular complexity index is 624. The Kier molecular flexibility index (Phi) is 4.38. The van der Waals surface area contributed by atoms with Crippen molar-refractivity contribution in [3.05, 3.63) is 21.6 Å². The number of carbonyl (C=O) groups excluding carboxylic acids is 1. The summed E-state index contributed by atoms with van der Waals surface area (Å²) in [7, 11) is 1.56. The molecule has 2 aliphatic rings. The molecular weight excluding hydrogens is 304 g/mol. The van der Waals surface area contributed by atoms with Gasteiger partial charge in [-0.3, -0.25) is 9.59 Å². The Morgan fingerprint density at radius 1 is 1.27 bits per heavy atom. The Morgan fingerprint density at radius 2 is 2.00 bits per heavy atom. The van der Waals surface area contributed by atoms with E-state index in [1.807, 2.05) is 9.80 Å². The molecule has 1 saturated heterocycles. The van der Waals surface area contributed by atoms with E-state index in [1.165, 1.54) is 30.4 Å². The van der Waals surface area contributed by atoms with Crippen LogP contribution in [0.1, 0.15) is 25.7 Å². The molecular formula is C15H21ClN4O2. The van der Waals surface area contributed by atoms with Crippen LogP contribution in [0.15, 0.2) is 11.0 Å². The number of carbonyl (C=O) groups is 1. The lowest BCUT2D eigenvalue weighted by molar-refractivity contribution is -0.131. The molecule has 7 heteroatoms. The SMILES string of the molecule is Cn1ncc(N2CCN(CC3CCCC3)C(=O)C2)c(Cl)c1=O. The van der Waals surface area contributed by atoms with Crippen LogP contribution in [0.2, 0.25) is 5.02 Å². The number of rotatable bonds is 3. The second kappa shape index (κ2) is 6.28. The average molecular weight is 325 g/mol. The van der Waals surface area contributed by atoms with Crippen LogP contribution in [-0.2, 0) is 11.8 Å². The summed E-state index contributed by atoms with van der Waals surface area (Å²) in [5.41, 5.74) is 0.221. The van der Waals surface area contributed by atoms with E-state index < -0.39 is 0 Å². The maximum atomic E-state index is 12.4. The normalized spacial score (nSPS) is 20.0. The monoisotopic (exact) mass is 324 g/mol. The molecule has 1 aliphatic heterocycles. The largest absolute Gasteiger partial charge is 0.358 e. The van der Waals surface area contributed by atoms with Crippen molar-refractivity contribution in [2.75, 3.05) is 31.1 Å². The standard InChI is InChI=1S/C15H21ClN4O2/c1-18-15(22)14(16)12(8-17-18)19-6-7-20(13(21)10-19)9-11-4-2-3-5-11/h8,11H,2-7,9-10H2,1H3. The molecule has 2 fully saturated rings. The van der Waals surface area contributed by atoms with Crippen LogP contribution in [0.3, 0.4) is 0 Å². The lowest BCUT2D eigenvalue weighted by atomic mass is 10.1. The van der Waals surface area contributed by atoms with Crippen molar-refractivity contribution in [3.8, 4) is 0 Å². The molecule has 0 spiro atoms. The molecule has 1 aromatic rings. The van der Waals surface area contributed by atoms with Crippen LogP contribution in [0, 0.1) is 5.92 Å². The summed E-state index contributed by atoms with van der Waals surface area (Å²) in [5.74, 6) is 0.764. The van der Waals surface area contributed by atoms with Crippen molar-refractivity contribution < 1.29 is 4.79 Å².